The standard InChI is InChI=1S/C11H14FNO3/c1-7(2)16-11(14)6-15-10-5-8(12)3-4-9(10)13/h3-5,7H,6,13H2,1-2H3. The quantitative estimate of drug-likeness (QED) is 0.628. The molecular weight excluding hydrogens is 213 g/mol. The van der Waals surface area contributed by atoms with Gasteiger partial charge in [-0.25, -0.2) is 9.18 Å². The largest absolute Gasteiger partial charge is 0.480 e. The Balaban J connectivity index is 2.54. The van der Waals surface area contributed by atoms with Crippen molar-refractivity contribution < 1.29 is 18.7 Å². The molecule has 1 aromatic rings. The Morgan fingerprint density at radius 2 is 2.19 bits per heavy atom. The molecule has 0 fully saturated rings. The summed E-state index contributed by atoms with van der Waals surface area (Å²) in [4.78, 5) is 11.1. The second-order valence-corrected chi connectivity index (χ2v) is 3.51. The minimum atomic E-state index is -0.515. The van der Waals surface area contributed by atoms with Crippen molar-refractivity contribution in [3.8, 4) is 5.75 Å². The van der Waals surface area contributed by atoms with Crippen molar-refractivity contribution in [3.63, 3.8) is 0 Å². The molecule has 0 atom stereocenters. The Hall–Kier alpha value is -1.78. The van der Waals surface area contributed by atoms with E-state index in [1.807, 2.05) is 0 Å². The van der Waals surface area contributed by atoms with E-state index < -0.39 is 11.8 Å². The summed E-state index contributed by atoms with van der Waals surface area (Å²) in [5.41, 5.74) is 5.81. The fourth-order valence-electron chi connectivity index (χ4n) is 1.07. The third-order valence-corrected chi connectivity index (χ3v) is 1.69. The van der Waals surface area contributed by atoms with E-state index in [1.165, 1.54) is 12.1 Å². The Morgan fingerprint density at radius 1 is 1.50 bits per heavy atom. The van der Waals surface area contributed by atoms with Gasteiger partial charge in [0.25, 0.3) is 0 Å². The Labute approximate surface area is 93.2 Å². The number of carbonyl (C=O) groups excluding carboxylic acids is 1. The molecule has 0 saturated heterocycles. The first-order chi connectivity index (χ1) is 7.49. The SMILES string of the molecule is CC(C)OC(=O)COc1cc(F)ccc1N. The maximum atomic E-state index is 12.8. The van der Waals surface area contributed by atoms with Crippen LogP contribution in [0.25, 0.3) is 0 Å². The molecule has 1 rings (SSSR count). The smallest absolute Gasteiger partial charge is 0.344 e. The minimum absolute atomic E-state index is 0.140. The van der Waals surface area contributed by atoms with E-state index >= 15 is 0 Å². The second-order valence-electron chi connectivity index (χ2n) is 3.51. The number of esters is 1. The van der Waals surface area contributed by atoms with Gasteiger partial charge in [0, 0.05) is 6.07 Å². The zero-order chi connectivity index (χ0) is 12.1. The van der Waals surface area contributed by atoms with Crippen LogP contribution in [0.2, 0.25) is 0 Å². The molecule has 0 aliphatic carbocycles. The lowest BCUT2D eigenvalue weighted by atomic mass is 10.3. The number of nitrogens with two attached hydrogens (primary N) is 1. The van der Waals surface area contributed by atoms with Gasteiger partial charge >= 0.3 is 5.97 Å². The number of hydrogen-bond acceptors (Lipinski definition) is 4. The monoisotopic (exact) mass is 227 g/mol. The Bertz CT molecular complexity index is 379. The van der Waals surface area contributed by atoms with Crippen molar-refractivity contribution in [2.75, 3.05) is 12.3 Å². The highest BCUT2D eigenvalue weighted by molar-refractivity contribution is 5.71. The molecular formula is C11H14FNO3. The molecule has 0 saturated carbocycles. The number of benzene rings is 1. The predicted molar refractivity (Wildman–Crippen MR) is 57.5 cm³/mol. The van der Waals surface area contributed by atoms with Gasteiger partial charge in [0.1, 0.15) is 11.6 Å². The highest BCUT2D eigenvalue weighted by Crippen LogP contribution is 2.21. The normalized spacial score (nSPS) is 10.2. The van der Waals surface area contributed by atoms with E-state index in [0.29, 0.717) is 0 Å². The van der Waals surface area contributed by atoms with E-state index in [4.69, 9.17) is 15.2 Å². The van der Waals surface area contributed by atoms with Crippen LogP contribution in [-0.4, -0.2) is 18.7 Å². The van der Waals surface area contributed by atoms with Gasteiger partial charge in [-0.05, 0) is 26.0 Å². The maximum absolute atomic E-state index is 12.8. The highest BCUT2D eigenvalue weighted by atomic mass is 19.1. The van der Waals surface area contributed by atoms with Crippen LogP contribution in [0.4, 0.5) is 10.1 Å². The van der Waals surface area contributed by atoms with Crippen LogP contribution < -0.4 is 10.5 Å². The molecule has 0 heterocycles. The molecule has 2 N–H and O–H groups in total. The molecule has 0 unspecified atom stereocenters. The van der Waals surface area contributed by atoms with E-state index in [-0.39, 0.29) is 24.1 Å². The first-order valence-corrected chi connectivity index (χ1v) is 4.86. The molecule has 0 aromatic heterocycles. The third-order valence-electron chi connectivity index (χ3n) is 1.69. The molecule has 0 spiro atoms. The van der Waals surface area contributed by atoms with Crippen molar-refractivity contribution in [2.45, 2.75) is 20.0 Å². The number of rotatable bonds is 4. The van der Waals surface area contributed by atoms with Crippen molar-refractivity contribution in [2.24, 2.45) is 0 Å². The van der Waals surface area contributed by atoms with Gasteiger partial charge in [-0.2, -0.15) is 0 Å². The second kappa shape index (κ2) is 5.34. The Morgan fingerprint density at radius 3 is 2.81 bits per heavy atom. The molecule has 88 valence electrons. The fraction of sp³-hybridized carbons (Fsp3) is 0.364. The predicted octanol–water partition coefficient (Wildman–Crippen LogP) is 1.74. The lowest BCUT2D eigenvalue weighted by Crippen LogP contribution is -2.19. The van der Waals surface area contributed by atoms with Gasteiger partial charge in [0.05, 0.1) is 11.8 Å². The molecule has 4 nitrogen and oxygen atoms in total. The van der Waals surface area contributed by atoms with Crippen LogP contribution in [-0.2, 0) is 9.53 Å². The number of nitrogen functional groups attached to an aromatic ring is 1. The molecule has 1 aromatic carbocycles. The summed E-state index contributed by atoms with van der Waals surface area (Å²) in [5.74, 6) is -0.846. The van der Waals surface area contributed by atoms with Crippen LogP contribution in [0.15, 0.2) is 18.2 Å². The van der Waals surface area contributed by atoms with Crippen molar-refractivity contribution in [1.29, 1.82) is 0 Å². The first kappa shape index (κ1) is 12.3. The summed E-state index contributed by atoms with van der Waals surface area (Å²) in [6, 6.07) is 3.71. The summed E-state index contributed by atoms with van der Waals surface area (Å²) < 4.78 is 22.7. The van der Waals surface area contributed by atoms with Crippen molar-refractivity contribution in [3.05, 3.63) is 24.0 Å². The summed E-state index contributed by atoms with van der Waals surface area (Å²) in [5, 5.41) is 0. The van der Waals surface area contributed by atoms with E-state index in [2.05, 4.69) is 0 Å². The maximum Gasteiger partial charge on any atom is 0.344 e. The first-order valence-electron chi connectivity index (χ1n) is 4.86. The molecule has 0 bridgehead atoms. The average molecular weight is 227 g/mol. The van der Waals surface area contributed by atoms with Crippen molar-refractivity contribution in [1.82, 2.24) is 0 Å². The number of ether oxygens (including phenoxy) is 2. The van der Waals surface area contributed by atoms with Gasteiger partial charge in [-0.1, -0.05) is 0 Å². The topological polar surface area (TPSA) is 61.5 Å². The zero-order valence-electron chi connectivity index (χ0n) is 9.20. The van der Waals surface area contributed by atoms with Gasteiger partial charge < -0.3 is 15.2 Å². The van der Waals surface area contributed by atoms with Gasteiger partial charge in [0.2, 0.25) is 0 Å². The molecule has 0 radical (unpaired) electrons. The summed E-state index contributed by atoms with van der Waals surface area (Å²) in [6.07, 6.45) is -0.207. The summed E-state index contributed by atoms with van der Waals surface area (Å²) in [7, 11) is 0. The zero-order valence-corrected chi connectivity index (χ0v) is 9.20. The summed E-state index contributed by atoms with van der Waals surface area (Å²) in [6.45, 7) is 3.18. The molecule has 0 aliphatic heterocycles. The van der Waals surface area contributed by atoms with Gasteiger partial charge in [-0.15, -0.1) is 0 Å². The fourth-order valence-corrected chi connectivity index (χ4v) is 1.07. The van der Waals surface area contributed by atoms with Crippen molar-refractivity contribution >= 4 is 11.7 Å². The van der Waals surface area contributed by atoms with Crippen LogP contribution in [0, 0.1) is 5.82 Å². The Kier molecular flexibility index (Phi) is 4.10. The molecule has 16 heavy (non-hydrogen) atoms. The third kappa shape index (κ3) is 3.76. The molecule has 0 amide bonds. The average Bonchev–Trinajstić information content (AvgIpc) is 2.18. The number of carbonyl (C=O) groups is 1. The van der Waals surface area contributed by atoms with E-state index in [0.717, 1.165) is 6.07 Å². The van der Waals surface area contributed by atoms with Gasteiger partial charge in [0.15, 0.2) is 6.61 Å². The van der Waals surface area contributed by atoms with Crippen LogP contribution in [0.3, 0.4) is 0 Å². The number of hydrogen-bond donors (Lipinski definition) is 1. The van der Waals surface area contributed by atoms with Crippen LogP contribution >= 0.6 is 0 Å². The van der Waals surface area contributed by atoms with E-state index in [1.54, 1.807) is 13.8 Å². The number of anilines is 1. The van der Waals surface area contributed by atoms with E-state index in [9.17, 15) is 9.18 Å². The summed E-state index contributed by atoms with van der Waals surface area (Å²) >= 11 is 0. The minimum Gasteiger partial charge on any atom is -0.480 e. The highest BCUT2D eigenvalue weighted by Gasteiger charge is 2.08. The van der Waals surface area contributed by atoms with Gasteiger partial charge in [-0.3, -0.25) is 0 Å². The lowest BCUT2D eigenvalue weighted by Gasteiger charge is -2.10. The van der Waals surface area contributed by atoms with Crippen LogP contribution in [0.5, 0.6) is 5.75 Å². The molecule has 0 aliphatic rings. The molecule has 5 heteroatoms. The van der Waals surface area contributed by atoms with Crippen LogP contribution in [0.1, 0.15) is 13.8 Å². The lowest BCUT2D eigenvalue weighted by molar-refractivity contribution is -0.149. The number of halogens is 1.